The van der Waals surface area contributed by atoms with Gasteiger partial charge in [0.25, 0.3) is 0 Å². The highest BCUT2D eigenvalue weighted by atomic mass is 14.9. The monoisotopic (exact) mass is 658 g/mol. The third-order valence-corrected chi connectivity index (χ3v) is 10.6. The summed E-state index contributed by atoms with van der Waals surface area (Å²) in [7, 11) is 0. The number of hydrogen-bond donors (Lipinski definition) is 0. The summed E-state index contributed by atoms with van der Waals surface area (Å²) in [5.74, 6) is 1.61. The molecule has 1 heterocycles. The van der Waals surface area contributed by atoms with Crippen molar-refractivity contribution in [3.8, 4) is 45.9 Å². The van der Waals surface area contributed by atoms with Gasteiger partial charge in [0, 0.05) is 34.3 Å². The molecular formula is C47H38N4. The predicted molar refractivity (Wildman–Crippen MR) is 207 cm³/mol. The van der Waals surface area contributed by atoms with Crippen LogP contribution in [0.5, 0.6) is 0 Å². The van der Waals surface area contributed by atoms with Gasteiger partial charge in [-0.1, -0.05) is 116 Å². The van der Waals surface area contributed by atoms with E-state index in [0.29, 0.717) is 40.0 Å². The maximum atomic E-state index is 10.2. The summed E-state index contributed by atoms with van der Waals surface area (Å²) >= 11 is 0. The van der Waals surface area contributed by atoms with Gasteiger partial charge in [-0.15, -0.1) is 0 Å². The van der Waals surface area contributed by atoms with Crippen LogP contribution in [0.4, 0.5) is 0 Å². The van der Waals surface area contributed by atoms with Crippen molar-refractivity contribution in [1.82, 2.24) is 9.97 Å². The lowest BCUT2D eigenvalue weighted by molar-refractivity contribution is 0.580. The molecule has 4 aromatic carbocycles. The molecule has 0 amide bonds. The highest BCUT2D eigenvalue weighted by Crippen LogP contribution is 2.43. The van der Waals surface area contributed by atoms with Crippen LogP contribution >= 0.6 is 0 Å². The Bertz CT molecular complexity index is 2370. The van der Waals surface area contributed by atoms with Gasteiger partial charge in [0.05, 0.1) is 34.5 Å². The first kappa shape index (κ1) is 32.1. The maximum Gasteiger partial charge on any atom is 0.161 e. The minimum atomic E-state index is 0.0650. The number of hydrogen-bond acceptors (Lipinski definition) is 4. The van der Waals surface area contributed by atoms with Crippen LogP contribution < -0.4 is 0 Å². The van der Waals surface area contributed by atoms with Gasteiger partial charge in [0.1, 0.15) is 0 Å². The molecular weight excluding hydrogens is 621 g/mol. The molecule has 4 atom stereocenters. The Morgan fingerprint density at radius 3 is 2.20 bits per heavy atom. The van der Waals surface area contributed by atoms with E-state index < -0.39 is 0 Å². The van der Waals surface area contributed by atoms with Crippen LogP contribution in [0.2, 0.25) is 0 Å². The summed E-state index contributed by atoms with van der Waals surface area (Å²) in [4.78, 5) is 10.5. The van der Waals surface area contributed by atoms with E-state index >= 15 is 0 Å². The highest BCUT2D eigenvalue weighted by molar-refractivity contribution is 5.99. The van der Waals surface area contributed by atoms with Crippen molar-refractivity contribution in [2.75, 3.05) is 0 Å². The third kappa shape index (κ3) is 6.27. The van der Waals surface area contributed by atoms with Crippen molar-refractivity contribution in [2.45, 2.75) is 44.4 Å². The van der Waals surface area contributed by atoms with Crippen molar-refractivity contribution in [3.05, 3.63) is 167 Å². The third-order valence-electron chi connectivity index (χ3n) is 10.6. The van der Waals surface area contributed by atoms with E-state index in [9.17, 15) is 10.5 Å². The molecule has 0 N–H and O–H groups in total. The van der Waals surface area contributed by atoms with Crippen molar-refractivity contribution >= 4 is 10.9 Å². The Kier molecular flexibility index (Phi) is 8.83. The molecule has 0 saturated carbocycles. The summed E-state index contributed by atoms with van der Waals surface area (Å²) < 4.78 is 0. The molecule has 3 aliphatic carbocycles. The van der Waals surface area contributed by atoms with Crippen molar-refractivity contribution in [1.29, 1.82) is 10.5 Å². The molecule has 4 heteroatoms. The second kappa shape index (κ2) is 14.0. The fourth-order valence-corrected chi connectivity index (χ4v) is 7.90. The molecule has 8 rings (SSSR count). The van der Waals surface area contributed by atoms with Crippen molar-refractivity contribution in [2.24, 2.45) is 11.8 Å². The first-order valence-corrected chi connectivity index (χ1v) is 18.0. The summed E-state index contributed by atoms with van der Waals surface area (Å²) in [5.41, 5.74) is 10.00. The first-order chi connectivity index (χ1) is 25.1. The van der Waals surface area contributed by atoms with Gasteiger partial charge in [-0.25, -0.2) is 9.97 Å². The molecule has 51 heavy (non-hydrogen) atoms. The molecule has 5 aromatic rings. The molecule has 1 aromatic heterocycles. The van der Waals surface area contributed by atoms with Crippen LogP contribution in [0.1, 0.15) is 66.7 Å². The molecule has 246 valence electrons. The van der Waals surface area contributed by atoms with Crippen molar-refractivity contribution < 1.29 is 0 Å². The van der Waals surface area contributed by atoms with Crippen LogP contribution in [0.25, 0.3) is 44.7 Å². The van der Waals surface area contributed by atoms with Gasteiger partial charge >= 0.3 is 0 Å². The summed E-state index contributed by atoms with van der Waals surface area (Å²) in [5, 5.41) is 21.2. The minimum absolute atomic E-state index is 0.0650. The van der Waals surface area contributed by atoms with Gasteiger partial charge in [0.2, 0.25) is 0 Å². The Morgan fingerprint density at radius 2 is 1.49 bits per heavy atom. The minimum Gasteiger partial charge on any atom is -0.228 e. The Hall–Kier alpha value is -6.10. The second-order valence-corrected chi connectivity index (χ2v) is 13.8. The summed E-state index contributed by atoms with van der Waals surface area (Å²) in [6.07, 6.45) is 25.1. The van der Waals surface area contributed by atoms with Gasteiger partial charge in [-0.2, -0.15) is 10.5 Å². The van der Waals surface area contributed by atoms with Gasteiger partial charge < -0.3 is 0 Å². The normalized spacial score (nSPS) is 20.9. The Morgan fingerprint density at radius 1 is 0.725 bits per heavy atom. The smallest absolute Gasteiger partial charge is 0.161 e. The van der Waals surface area contributed by atoms with Crippen LogP contribution in [-0.2, 0) is 0 Å². The van der Waals surface area contributed by atoms with Crippen LogP contribution in [-0.4, -0.2) is 9.97 Å². The van der Waals surface area contributed by atoms with Crippen LogP contribution in [0.3, 0.4) is 0 Å². The summed E-state index contributed by atoms with van der Waals surface area (Å²) in [6, 6.07) is 33.3. The van der Waals surface area contributed by atoms with E-state index in [2.05, 4.69) is 110 Å². The van der Waals surface area contributed by atoms with Gasteiger partial charge in [-0.05, 0) is 89.8 Å². The van der Waals surface area contributed by atoms with E-state index in [-0.39, 0.29) is 11.8 Å². The van der Waals surface area contributed by atoms with Crippen LogP contribution in [0.15, 0.2) is 145 Å². The molecule has 3 aliphatic rings. The maximum absolute atomic E-state index is 10.2. The Labute approximate surface area is 300 Å². The van der Waals surface area contributed by atoms with Crippen molar-refractivity contribution in [3.63, 3.8) is 0 Å². The standard InChI is InChI=1S/C47H38N4/c1-31-26-36(33-14-6-3-7-15-33)24-25-40(31)43-27-39(35-22-20-34(21-23-35)32-12-4-2-5-13-32)28-44-45(41-18-10-8-16-37(41)29-48)50-47(51-46(43)44)42-19-11-9-17-38(42)30-49/h2,4-6,8-12,14,16-28,31-33,40H,3,7,13,15H2,1H3. The van der Waals surface area contributed by atoms with E-state index in [4.69, 9.17) is 9.97 Å². The zero-order valence-electron chi connectivity index (χ0n) is 28.7. The zero-order chi connectivity index (χ0) is 34.7. The molecule has 0 saturated heterocycles. The average Bonchev–Trinajstić information content (AvgIpc) is 3.20. The fourth-order valence-electron chi connectivity index (χ4n) is 7.90. The fraction of sp³-hybridized carbons (Fsp3) is 0.191. The van der Waals surface area contributed by atoms with Crippen LogP contribution in [0, 0.1) is 34.5 Å². The number of allylic oxidation sites excluding steroid dienone is 10. The number of aromatic nitrogens is 2. The quantitative estimate of drug-likeness (QED) is 0.170. The van der Waals surface area contributed by atoms with E-state index in [1.807, 2.05) is 42.5 Å². The molecule has 0 fully saturated rings. The SMILES string of the molecule is CC1C=C(C2C=CCCC2)C=CC1c1cc(-c2ccc(C3C=CC=CC3)cc2)cc2c(-c3ccccc3C#N)nc(-c3ccccc3C#N)nc12. The van der Waals surface area contributed by atoms with Gasteiger partial charge in [0.15, 0.2) is 5.82 Å². The molecule has 0 aliphatic heterocycles. The molecule has 4 unspecified atom stereocenters. The Balaban J connectivity index is 1.36. The topological polar surface area (TPSA) is 73.4 Å². The lowest BCUT2D eigenvalue weighted by Gasteiger charge is -2.28. The largest absolute Gasteiger partial charge is 0.228 e. The molecule has 0 spiro atoms. The summed E-state index contributed by atoms with van der Waals surface area (Å²) in [6.45, 7) is 2.30. The lowest BCUT2D eigenvalue weighted by atomic mass is 9.76. The number of rotatable bonds is 6. The van der Waals surface area contributed by atoms with E-state index in [1.54, 1.807) is 6.07 Å². The number of fused-ring (bicyclic) bond motifs is 1. The molecule has 4 nitrogen and oxygen atoms in total. The van der Waals surface area contributed by atoms with E-state index in [0.717, 1.165) is 46.0 Å². The zero-order valence-corrected chi connectivity index (χ0v) is 28.7. The number of nitriles is 2. The number of benzene rings is 4. The second-order valence-electron chi connectivity index (χ2n) is 13.8. The average molecular weight is 659 g/mol. The first-order valence-electron chi connectivity index (χ1n) is 18.0. The number of nitrogens with zero attached hydrogens (tertiary/aromatic N) is 4. The van der Waals surface area contributed by atoms with E-state index in [1.165, 1.54) is 24.0 Å². The molecule has 0 radical (unpaired) electrons. The molecule has 0 bridgehead atoms. The lowest BCUT2D eigenvalue weighted by Crippen LogP contribution is -2.14. The highest BCUT2D eigenvalue weighted by Gasteiger charge is 2.27. The predicted octanol–water partition coefficient (Wildman–Crippen LogP) is 11.5. The van der Waals surface area contributed by atoms with Gasteiger partial charge in [-0.3, -0.25) is 0 Å².